The molecule has 1 aliphatic carbocycles. The summed E-state index contributed by atoms with van der Waals surface area (Å²) in [6.45, 7) is 0.261. The lowest BCUT2D eigenvalue weighted by Gasteiger charge is -2.21. The molecule has 2 aliphatic rings. The lowest BCUT2D eigenvalue weighted by atomic mass is 9.84. The van der Waals surface area contributed by atoms with E-state index in [-0.39, 0.29) is 6.79 Å². The largest absolute Gasteiger partial charge is 0.454 e. The van der Waals surface area contributed by atoms with Crippen LogP contribution in [-0.2, 0) is 11.2 Å². The molecular weight excluding hydrogens is 252 g/mol. The maximum atomic E-state index is 11.5. The standard InChI is InChI=1S/C14H15ClO3/c15-12-7-14-13(17-8-18-14)6-10(12)4-9-2-1-3-11(16)5-9/h6-7,9H,1-5,8H2. The summed E-state index contributed by atoms with van der Waals surface area (Å²) in [6, 6.07) is 3.76. The number of carbonyl (C=O) groups is 1. The molecule has 1 fully saturated rings. The van der Waals surface area contributed by atoms with Crippen LogP contribution in [0.1, 0.15) is 31.2 Å². The smallest absolute Gasteiger partial charge is 0.231 e. The highest BCUT2D eigenvalue weighted by Gasteiger charge is 2.22. The van der Waals surface area contributed by atoms with Crippen LogP contribution in [0.2, 0.25) is 5.02 Å². The summed E-state index contributed by atoms with van der Waals surface area (Å²) < 4.78 is 10.6. The van der Waals surface area contributed by atoms with Gasteiger partial charge in [-0.25, -0.2) is 0 Å². The molecule has 0 aromatic heterocycles. The highest BCUT2D eigenvalue weighted by Crippen LogP contribution is 2.38. The van der Waals surface area contributed by atoms with Crippen molar-refractivity contribution in [3.05, 3.63) is 22.7 Å². The SMILES string of the molecule is O=C1CCCC(Cc2cc3c(cc2Cl)OCO3)C1. The number of rotatable bonds is 2. The first-order valence-corrected chi connectivity index (χ1v) is 6.70. The summed E-state index contributed by atoms with van der Waals surface area (Å²) in [4.78, 5) is 11.5. The van der Waals surface area contributed by atoms with Crippen molar-refractivity contribution in [2.45, 2.75) is 32.1 Å². The minimum absolute atomic E-state index is 0.261. The van der Waals surface area contributed by atoms with Gasteiger partial charge in [-0.15, -0.1) is 0 Å². The molecule has 1 atom stereocenters. The molecule has 0 spiro atoms. The average molecular weight is 267 g/mol. The van der Waals surface area contributed by atoms with Gasteiger partial charge in [-0.2, -0.15) is 0 Å². The van der Waals surface area contributed by atoms with Crippen molar-refractivity contribution in [2.75, 3.05) is 6.79 Å². The van der Waals surface area contributed by atoms with E-state index in [1.807, 2.05) is 12.1 Å². The summed E-state index contributed by atoms with van der Waals surface area (Å²) in [5.41, 5.74) is 1.06. The van der Waals surface area contributed by atoms with Crippen LogP contribution >= 0.6 is 11.6 Å². The van der Waals surface area contributed by atoms with E-state index in [1.165, 1.54) is 0 Å². The molecule has 0 bridgehead atoms. The van der Waals surface area contributed by atoms with Crippen LogP contribution in [0, 0.1) is 5.92 Å². The zero-order valence-corrected chi connectivity index (χ0v) is 10.8. The molecule has 96 valence electrons. The van der Waals surface area contributed by atoms with E-state index in [9.17, 15) is 4.79 Å². The third-order valence-corrected chi connectivity index (χ3v) is 3.99. The highest BCUT2D eigenvalue weighted by molar-refractivity contribution is 6.31. The third-order valence-electron chi connectivity index (χ3n) is 3.63. The fourth-order valence-electron chi connectivity index (χ4n) is 2.71. The number of ketones is 1. The van der Waals surface area contributed by atoms with Crippen molar-refractivity contribution in [1.82, 2.24) is 0 Å². The minimum Gasteiger partial charge on any atom is -0.454 e. The Morgan fingerprint density at radius 3 is 2.83 bits per heavy atom. The molecule has 1 aromatic rings. The Labute approximate surface area is 111 Å². The van der Waals surface area contributed by atoms with Gasteiger partial charge in [-0.3, -0.25) is 4.79 Å². The average Bonchev–Trinajstić information content (AvgIpc) is 2.76. The van der Waals surface area contributed by atoms with E-state index >= 15 is 0 Å². The van der Waals surface area contributed by atoms with Crippen molar-refractivity contribution in [1.29, 1.82) is 0 Å². The van der Waals surface area contributed by atoms with E-state index in [0.29, 0.717) is 28.9 Å². The summed E-state index contributed by atoms with van der Waals surface area (Å²) in [7, 11) is 0. The quantitative estimate of drug-likeness (QED) is 0.823. The Morgan fingerprint density at radius 1 is 1.28 bits per heavy atom. The van der Waals surface area contributed by atoms with Gasteiger partial charge in [-0.05, 0) is 36.8 Å². The molecule has 1 unspecified atom stereocenters. The monoisotopic (exact) mass is 266 g/mol. The van der Waals surface area contributed by atoms with Gasteiger partial charge in [0.05, 0.1) is 0 Å². The fourth-order valence-corrected chi connectivity index (χ4v) is 2.95. The highest BCUT2D eigenvalue weighted by atomic mass is 35.5. The Balaban J connectivity index is 1.78. The third kappa shape index (κ3) is 2.32. The van der Waals surface area contributed by atoms with Gasteiger partial charge >= 0.3 is 0 Å². The van der Waals surface area contributed by atoms with E-state index < -0.39 is 0 Å². The predicted octanol–water partition coefficient (Wildman–Crippen LogP) is 3.37. The second-order valence-corrected chi connectivity index (χ2v) is 5.41. The van der Waals surface area contributed by atoms with Gasteiger partial charge in [-0.1, -0.05) is 11.6 Å². The first-order valence-electron chi connectivity index (χ1n) is 6.32. The van der Waals surface area contributed by atoms with Crippen LogP contribution in [0.4, 0.5) is 0 Å². The summed E-state index contributed by atoms with van der Waals surface area (Å²) in [5, 5.41) is 0.706. The lowest BCUT2D eigenvalue weighted by molar-refractivity contribution is -0.121. The Bertz CT molecular complexity index is 484. The fraction of sp³-hybridized carbons (Fsp3) is 0.500. The molecule has 0 N–H and O–H groups in total. The van der Waals surface area contributed by atoms with Gasteiger partial charge in [0, 0.05) is 23.9 Å². The maximum absolute atomic E-state index is 11.5. The molecule has 1 saturated carbocycles. The molecular formula is C14H15ClO3. The van der Waals surface area contributed by atoms with Crippen LogP contribution in [0.15, 0.2) is 12.1 Å². The molecule has 3 rings (SSSR count). The van der Waals surface area contributed by atoms with Crippen molar-refractivity contribution in [3.8, 4) is 11.5 Å². The van der Waals surface area contributed by atoms with Gasteiger partial charge in [0.2, 0.25) is 6.79 Å². The van der Waals surface area contributed by atoms with Crippen LogP contribution in [0.25, 0.3) is 0 Å². The number of benzene rings is 1. The second-order valence-electron chi connectivity index (χ2n) is 5.00. The molecule has 18 heavy (non-hydrogen) atoms. The first kappa shape index (κ1) is 11.8. The van der Waals surface area contributed by atoms with E-state index in [2.05, 4.69) is 0 Å². The molecule has 0 saturated heterocycles. The van der Waals surface area contributed by atoms with Crippen LogP contribution < -0.4 is 9.47 Å². The van der Waals surface area contributed by atoms with Crippen LogP contribution in [-0.4, -0.2) is 12.6 Å². The minimum atomic E-state index is 0.261. The van der Waals surface area contributed by atoms with Crippen LogP contribution in [0.5, 0.6) is 11.5 Å². The zero-order valence-electron chi connectivity index (χ0n) is 10.1. The number of fused-ring (bicyclic) bond motifs is 1. The summed E-state index contributed by atoms with van der Waals surface area (Å²) in [6.07, 6.45) is 4.39. The molecule has 3 nitrogen and oxygen atoms in total. The van der Waals surface area contributed by atoms with Crippen molar-refractivity contribution in [3.63, 3.8) is 0 Å². The lowest BCUT2D eigenvalue weighted by Crippen LogP contribution is -2.17. The van der Waals surface area contributed by atoms with Gasteiger partial charge in [0.1, 0.15) is 5.78 Å². The van der Waals surface area contributed by atoms with Crippen molar-refractivity contribution < 1.29 is 14.3 Å². The molecule has 1 heterocycles. The van der Waals surface area contributed by atoms with Gasteiger partial charge in [0.25, 0.3) is 0 Å². The summed E-state index contributed by atoms with van der Waals surface area (Å²) >= 11 is 6.24. The van der Waals surface area contributed by atoms with E-state index in [4.69, 9.17) is 21.1 Å². The number of hydrogen-bond acceptors (Lipinski definition) is 3. The number of ether oxygens (including phenoxy) is 2. The van der Waals surface area contributed by atoms with Gasteiger partial charge < -0.3 is 9.47 Å². The predicted molar refractivity (Wildman–Crippen MR) is 68.2 cm³/mol. The second kappa shape index (κ2) is 4.81. The number of halogens is 1. The Morgan fingerprint density at radius 2 is 2.06 bits per heavy atom. The molecule has 1 aromatic carbocycles. The van der Waals surface area contributed by atoms with Gasteiger partial charge in [0.15, 0.2) is 11.5 Å². The molecule has 1 aliphatic heterocycles. The topological polar surface area (TPSA) is 35.5 Å². The Kier molecular flexibility index (Phi) is 3.16. The molecule has 4 heteroatoms. The number of carbonyl (C=O) groups excluding carboxylic acids is 1. The zero-order chi connectivity index (χ0) is 12.5. The van der Waals surface area contributed by atoms with E-state index in [1.54, 1.807) is 0 Å². The summed E-state index contributed by atoms with van der Waals surface area (Å²) in [5.74, 6) is 2.27. The number of hydrogen-bond donors (Lipinski definition) is 0. The van der Waals surface area contributed by atoms with Crippen molar-refractivity contribution >= 4 is 17.4 Å². The van der Waals surface area contributed by atoms with E-state index in [0.717, 1.165) is 37.0 Å². The van der Waals surface area contributed by atoms with Crippen LogP contribution in [0.3, 0.4) is 0 Å². The van der Waals surface area contributed by atoms with Crippen molar-refractivity contribution in [2.24, 2.45) is 5.92 Å². The maximum Gasteiger partial charge on any atom is 0.231 e. The molecule has 0 amide bonds. The molecule has 0 radical (unpaired) electrons. The first-order chi connectivity index (χ1) is 8.72. The number of Topliss-reactive ketones (excluding diaryl/α,β-unsaturated/α-hetero) is 1. The normalized spacial score (nSPS) is 22.3. The Hall–Kier alpha value is -1.22.